The lowest BCUT2D eigenvalue weighted by atomic mass is 10.1. The van der Waals surface area contributed by atoms with Gasteiger partial charge in [0.1, 0.15) is 6.61 Å². The third kappa shape index (κ3) is 4.91. The second-order valence-corrected chi connectivity index (χ2v) is 5.92. The van der Waals surface area contributed by atoms with Crippen LogP contribution in [0.3, 0.4) is 0 Å². The molecule has 1 fully saturated rings. The number of benzene rings is 1. The minimum absolute atomic E-state index is 0.0551. The first kappa shape index (κ1) is 16.7. The van der Waals surface area contributed by atoms with E-state index in [9.17, 15) is 4.79 Å². The molecule has 128 valence electrons. The number of nitrogens with zero attached hydrogens (tertiary/aromatic N) is 1. The molecule has 1 saturated heterocycles. The maximum absolute atomic E-state index is 11.8. The van der Waals surface area contributed by atoms with Gasteiger partial charge in [-0.25, -0.2) is 0 Å². The Kier molecular flexibility index (Phi) is 5.98. The van der Waals surface area contributed by atoms with Crippen molar-refractivity contribution in [1.29, 1.82) is 0 Å². The Balaban J connectivity index is 1.38. The van der Waals surface area contributed by atoms with E-state index in [0.29, 0.717) is 13.2 Å². The molecule has 3 rings (SSSR count). The third-order valence-electron chi connectivity index (χ3n) is 3.99. The van der Waals surface area contributed by atoms with Crippen molar-refractivity contribution in [3.05, 3.63) is 42.1 Å². The van der Waals surface area contributed by atoms with Crippen LogP contribution in [0.2, 0.25) is 0 Å². The Morgan fingerprint density at radius 1 is 1.33 bits per heavy atom. The summed E-state index contributed by atoms with van der Waals surface area (Å²) in [5.41, 5.74) is 2.77. The summed E-state index contributed by atoms with van der Waals surface area (Å²) in [5, 5.41) is 10.0. The van der Waals surface area contributed by atoms with Crippen molar-refractivity contribution < 1.29 is 14.3 Å². The van der Waals surface area contributed by atoms with Gasteiger partial charge in [-0.05, 0) is 25.3 Å². The fourth-order valence-electron chi connectivity index (χ4n) is 2.68. The summed E-state index contributed by atoms with van der Waals surface area (Å²) in [6.07, 6.45) is 3.43. The van der Waals surface area contributed by atoms with Gasteiger partial charge in [-0.15, -0.1) is 0 Å². The van der Waals surface area contributed by atoms with Crippen LogP contribution in [-0.2, 0) is 20.8 Å². The van der Waals surface area contributed by atoms with E-state index < -0.39 is 0 Å². The largest absolute Gasteiger partial charge is 0.376 e. The van der Waals surface area contributed by atoms with Crippen molar-refractivity contribution in [2.45, 2.75) is 31.9 Å². The van der Waals surface area contributed by atoms with Gasteiger partial charge in [-0.1, -0.05) is 30.3 Å². The lowest BCUT2D eigenvalue weighted by molar-refractivity contribution is -0.128. The monoisotopic (exact) mass is 329 g/mol. The molecule has 0 bridgehead atoms. The molecule has 1 aliphatic rings. The van der Waals surface area contributed by atoms with Gasteiger partial charge in [-0.2, -0.15) is 5.10 Å². The smallest absolute Gasteiger partial charge is 0.246 e. The molecule has 0 aliphatic carbocycles. The molecule has 0 spiro atoms. The highest BCUT2D eigenvalue weighted by atomic mass is 16.5. The maximum Gasteiger partial charge on any atom is 0.246 e. The van der Waals surface area contributed by atoms with Crippen molar-refractivity contribution in [3.8, 4) is 11.3 Å². The van der Waals surface area contributed by atoms with E-state index in [0.717, 1.165) is 36.4 Å². The van der Waals surface area contributed by atoms with Crippen LogP contribution in [0.4, 0.5) is 0 Å². The summed E-state index contributed by atoms with van der Waals surface area (Å²) < 4.78 is 11.0. The van der Waals surface area contributed by atoms with E-state index in [1.807, 2.05) is 36.4 Å². The molecule has 6 nitrogen and oxygen atoms in total. The first-order chi connectivity index (χ1) is 11.8. The number of H-pyrrole nitrogens is 1. The Hall–Kier alpha value is -2.18. The second kappa shape index (κ2) is 8.61. The van der Waals surface area contributed by atoms with Crippen molar-refractivity contribution in [2.75, 3.05) is 19.8 Å². The molecule has 2 aromatic rings. The summed E-state index contributed by atoms with van der Waals surface area (Å²) in [6, 6.07) is 11.8. The van der Waals surface area contributed by atoms with E-state index in [4.69, 9.17) is 9.47 Å². The third-order valence-corrected chi connectivity index (χ3v) is 3.99. The van der Waals surface area contributed by atoms with E-state index in [-0.39, 0.29) is 18.6 Å². The molecule has 2 N–H and O–H groups in total. The van der Waals surface area contributed by atoms with Crippen LogP contribution in [0.1, 0.15) is 25.0 Å². The van der Waals surface area contributed by atoms with Crippen molar-refractivity contribution in [3.63, 3.8) is 0 Å². The van der Waals surface area contributed by atoms with E-state index >= 15 is 0 Å². The van der Waals surface area contributed by atoms with Gasteiger partial charge < -0.3 is 14.8 Å². The van der Waals surface area contributed by atoms with Crippen molar-refractivity contribution >= 4 is 5.91 Å². The standard InChI is InChI=1S/C18H23N3O3/c22-18(13-23-12-16-8-4-5-9-24-16)19-11-15-10-17(21-20-15)14-6-2-1-3-7-14/h1-3,6-7,10,16H,4-5,8-9,11-13H2,(H,19,22)(H,20,21). The Morgan fingerprint density at radius 2 is 2.21 bits per heavy atom. The number of rotatable bonds is 7. The lowest BCUT2D eigenvalue weighted by Crippen LogP contribution is -2.30. The molecule has 1 aliphatic heterocycles. The molecule has 1 unspecified atom stereocenters. The van der Waals surface area contributed by atoms with Crippen LogP contribution in [0.15, 0.2) is 36.4 Å². The molecule has 1 atom stereocenters. The second-order valence-electron chi connectivity index (χ2n) is 5.92. The molecule has 0 saturated carbocycles. The zero-order chi connectivity index (χ0) is 16.6. The fourth-order valence-corrected chi connectivity index (χ4v) is 2.68. The summed E-state index contributed by atoms with van der Waals surface area (Å²) >= 11 is 0. The zero-order valence-corrected chi connectivity index (χ0v) is 13.7. The Morgan fingerprint density at radius 3 is 3.00 bits per heavy atom. The number of aromatic amines is 1. The molecular weight excluding hydrogens is 306 g/mol. The average Bonchev–Trinajstić information content (AvgIpc) is 3.11. The molecule has 24 heavy (non-hydrogen) atoms. The number of carbonyl (C=O) groups is 1. The zero-order valence-electron chi connectivity index (χ0n) is 13.7. The summed E-state index contributed by atoms with van der Waals surface area (Å²) in [5.74, 6) is -0.137. The summed E-state index contributed by atoms with van der Waals surface area (Å²) in [7, 11) is 0. The average molecular weight is 329 g/mol. The number of nitrogens with one attached hydrogen (secondary N) is 2. The number of carbonyl (C=O) groups excluding carboxylic acids is 1. The van der Waals surface area contributed by atoms with Gasteiger partial charge in [0.05, 0.1) is 30.6 Å². The molecule has 6 heteroatoms. The molecule has 1 aromatic carbocycles. The van der Waals surface area contributed by atoms with Crippen LogP contribution in [0, 0.1) is 0 Å². The van der Waals surface area contributed by atoms with E-state index in [2.05, 4.69) is 15.5 Å². The van der Waals surface area contributed by atoms with Crippen LogP contribution < -0.4 is 5.32 Å². The Bertz CT molecular complexity index is 636. The van der Waals surface area contributed by atoms with Gasteiger partial charge in [-0.3, -0.25) is 9.89 Å². The number of hydrogen-bond acceptors (Lipinski definition) is 4. The highest BCUT2D eigenvalue weighted by molar-refractivity contribution is 5.77. The van der Waals surface area contributed by atoms with Gasteiger partial charge >= 0.3 is 0 Å². The molecule has 2 heterocycles. The highest BCUT2D eigenvalue weighted by Gasteiger charge is 2.14. The molecule has 1 amide bonds. The first-order valence-electron chi connectivity index (χ1n) is 8.37. The quantitative estimate of drug-likeness (QED) is 0.817. The minimum atomic E-state index is -0.137. The SMILES string of the molecule is O=C(COCC1CCCCO1)NCc1cc(-c2ccccc2)n[nH]1. The summed E-state index contributed by atoms with van der Waals surface area (Å²) in [6.45, 7) is 1.74. The predicted molar refractivity (Wildman–Crippen MR) is 90.3 cm³/mol. The predicted octanol–water partition coefficient (Wildman–Crippen LogP) is 2.28. The van der Waals surface area contributed by atoms with Crippen molar-refractivity contribution in [1.82, 2.24) is 15.5 Å². The summed E-state index contributed by atoms with van der Waals surface area (Å²) in [4.78, 5) is 11.8. The number of ether oxygens (including phenoxy) is 2. The van der Waals surface area contributed by atoms with Crippen LogP contribution in [-0.4, -0.2) is 42.0 Å². The van der Waals surface area contributed by atoms with Gasteiger partial charge in [0.25, 0.3) is 0 Å². The highest BCUT2D eigenvalue weighted by Crippen LogP contribution is 2.16. The fraction of sp³-hybridized carbons (Fsp3) is 0.444. The molecule has 1 aromatic heterocycles. The number of amides is 1. The van der Waals surface area contributed by atoms with E-state index in [1.54, 1.807) is 0 Å². The maximum atomic E-state index is 11.8. The Labute approximate surface area is 141 Å². The van der Waals surface area contributed by atoms with Gasteiger partial charge in [0.2, 0.25) is 5.91 Å². The van der Waals surface area contributed by atoms with Crippen molar-refractivity contribution in [2.24, 2.45) is 0 Å². The minimum Gasteiger partial charge on any atom is -0.376 e. The molecule has 0 radical (unpaired) electrons. The normalized spacial score (nSPS) is 17.6. The molecular formula is C18H23N3O3. The topological polar surface area (TPSA) is 76.2 Å². The van der Waals surface area contributed by atoms with Crippen LogP contribution in [0.5, 0.6) is 0 Å². The van der Waals surface area contributed by atoms with Gasteiger partial charge in [0, 0.05) is 12.2 Å². The first-order valence-corrected chi connectivity index (χ1v) is 8.37. The number of aromatic nitrogens is 2. The lowest BCUT2D eigenvalue weighted by Gasteiger charge is -2.22. The van der Waals surface area contributed by atoms with Gasteiger partial charge in [0.15, 0.2) is 0 Å². The number of hydrogen-bond donors (Lipinski definition) is 2. The van der Waals surface area contributed by atoms with Crippen LogP contribution >= 0.6 is 0 Å². The van der Waals surface area contributed by atoms with Crippen LogP contribution in [0.25, 0.3) is 11.3 Å². The van der Waals surface area contributed by atoms with E-state index in [1.165, 1.54) is 6.42 Å².